The summed E-state index contributed by atoms with van der Waals surface area (Å²) in [6, 6.07) is 4.20. The molecule has 2 rings (SSSR count). The van der Waals surface area contributed by atoms with Gasteiger partial charge in [0.1, 0.15) is 0 Å². The summed E-state index contributed by atoms with van der Waals surface area (Å²) in [6.45, 7) is 1.85. The Morgan fingerprint density at radius 2 is 2.05 bits per heavy atom. The van der Waals surface area contributed by atoms with Gasteiger partial charge in [-0.15, -0.1) is 0 Å². The highest BCUT2D eigenvalue weighted by molar-refractivity contribution is 7.08. The molecule has 0 bridgehead atoms. The summed E-state index contributed by atoms with van der Waals surface area (Å²) in [4.78, 5) is 22.8. The summed E-state index contributed by atoms with van der Waals surface area (Å²) >= 11 is 1.45. The van der Waals surface area contributed by atoms with Crippen molar-refractivity contribution in [2.45, 2.75) is 6.92 Å². The lowest BCUT2D eigenvalue weighted by molar-refractivity contribution is 0.0697. The lowest BCUT2D eigenvalue weighted by Crippen LogP contribution is -2.13. The zero-order valence-electron chi connectivity index (χ0n) is 10.1. The number of hydrogen-bond donors (Lipinski definition) is 3. The highest BCUT2D eigenvalue weighted by Gasteiger charge is 2.12. The van der Waals surface area contributed by atoms with Crippen molar-refractivity contribution in [2.75, 3.05) is 11.1 Å². The lowest BCUT2D eigenvalue weighted by Gasteiger charge is -2.08. The maximum absolute atomic E-state index is 12.0. The highest BCUT2D eigenvalue weighted by atomic mass is 32.1. The number of hydrogen-bond acceptors (Lipinski definition) is 4. The number of carboxylic acid groups (broad SMARTS) is 1. The number of aromatic carboxylic acids is 1. The molecular formula is C13H12N2O3S. The Morgan fingerprint density at radius 1 is 1.32 bits per heavy atom. The summed E-state index contributed by atoms with van der Waals surface area (Å²) < 4.78 is 0. The number of aryl methyl sites for hydroxylation is 1. The molecule has 2 aromatic rings. The Balaban J connectivity index is 2.23. The number of anilines is 2. The third-order valence-corrected chi connectivity index (χ3v) is 3.51. The van der Waals surface area contributed by atoms with Crippen LogP contribution >= 0.6 is 11.3 Å². The van der Waals surface area contributed by atoms with Crippen LogP contribution in [0.4, 0.5) is 11.4 Å². The number of nitrogens with two attached hydrogens (primary N) is 1. The highest BCUT2D eigenvalue weighted by Crippen LogP contribution is 2.22. The fourth-order valence-corrected chi connectivity index (χ4v) is 2.42. The molecule has 0 unspecified atom stereocenters. The first kappa shape index (κ1) is 13.1. The predicted octanol–water partition coefficient (Wildman–Crippen LogP) is 2.59. The van der Waals surface area contributed by atoms with Gasteiger partial charge in [0.15, 0.2) is 0 Å². The lowest BCUT2D eigenvalue weighted by atomic mass is 10.1. The van der Waals surface area contributed by atoms with Crippen LogP contribution in [0.5, 0.6) is 0 Å². The van der Waals surface area contributed by atoms with Gasteiger partial charge in [0.05, 0.1) is 22.5 Å². The van der Waals surface area contributed by atoms with Crippen molar-refractivity contribution in [1.29, 1.82) is 0 Å². The Kier molecular flexibility index (Phi) is 3.52. The third kappa shape index (κ3) is 2.74. The number of carboxylic acids is 1. The van der Waals surface area contributed by atoms with Crippen LogP contribution in [-0.4, -0.2) is 17.0 Å². The molecule has 1 aromatic heterocycles. The SMILES string of the molecule is Cc1cscc1C(=O)Nc1ccc(C(=O)O)cc1N. The van der Waals surface area contributed by atoms with E-state index in [-0.39, 0.29) is 17.2 Å². The monoisotopic (exact) mass is 276 g/mol. The number of nitrogens with one attached hydrogen (secondary N) is 1. The van der Waals surface area contributed by atoms with E-state index in [1.165, 1.54) is 29.5 Å². The van der Waals surface area contributed by atoms with Crippen LogP contribution in [0.1, 0.15) is 26.3 Å². The summed E-state index contributed by atoms with van der Waals surface area (Å²) in [5, 5.41) is 15.1. The molecule has 5 nitrogen and oxygen atoms in total. The van der Waals surface area contributed by atoms with Crippen LogP contribution in [0.3, 0.4) is 0 Å². The summed E-state index contributed by atoms with van der Waals surface area (Å²) in [6.07, 6.45) is 0. The quantitative estimate of drug-likeness (QED) is 0.751. The number of carbonyl (C=O) groups excluding carboxylic acids is 1. The van der Waals surface area contributed by atoms with Crippen LogP contribution in [-0.2, 0) is 0 Å². The van der Waals surface area contributed by atoms with Gasteiger partial charge in [-0.25, -0.2) is 4.79 Å². The normalized spacial score (nSPS) is 10.2. The molecule has 98 valence electrons. The average Bonchev–Trinajstić information content (AvgIpc) is 2.77. The van der Waals surface area contributed by atoms with Gasteiger partial charge in [-0.2, -0.15) is 11.3 Å². The van der Waals surface area contributed by atoms with Crippen molar-refractivity contribution in [3.8, 4) is 0 Å². The molecule has 6 heteroatoms. The third-order valence-electron chi connectivity index (χ3n) is 2.65. The van der Waals surface area contributed by atoms with Crippen molar-refractivity contribution in [3.05, 3.63) is 45.6 Å². The first-order valence-corrected chi connectivity index (χ1v) is 6.40. The van der Waals surface area contributed by atoms with Crippen molar-refractivity contribution < 1.29 is 14.7 Å². The molecule has 0 radical (unpaired) electrons. The smallest absolute Gasteiger partial charge is 0.335 e. The number of carbonyl (C=O) groups is 2. The van der Waals surface area contributed by atoms with E-state index in [2.05, 4.69) is 5.32 Å². The molecule has 4 N–H and O–H groups in total. The first-order valence-electron chi connectivity index (χ1n) is 5.46. The van der Waals surface area contributed by atoms with Crippen molar-refractivity contribution in [2.24, 2.45) is 0 Å². The number of benzene rings is 1. The molecule has 19 heavy (non-hydrogen) atoms. The summed E-state index contributed by atoms with van der Waals surface area (Å²) in [7, 11) is 0. The standard InChI is InChI=1S/C13H12N2O3S/c1-7-5-19-6-9(7)12(16)15-11-3-2-8(13(17)18)4-10(11)14/h2-6H,14H2,1H3,(H,15,16)(H,17,18). The largest absolute Gasteiger partial charge is 0.478 e. The van der Waals surface area contributed by atoms with Gasteiger partial charge < -0.3 is 16.2 Å². The van der Waals surface area contributed by atoms with Gasteiger partial charge in [-0.3, -0.25) is 4.79 Å². The van der Waals surface area contributed by atoms with Crippen LogP contribution in [0, 0.1) is 6.92 Å². The van der Waals surface area contributed by atoms with E-state index < -0.39 is 5.97 Å². The van der Waals surface area contributed by atoms with Gasteiger partial charge in [0.25, 0.3) is 5.91 Å². The molecule has 0 spiro atoms. The molecular weight excluding hydrogens is 264 g/mol. The average molecular weight is 276 g/mol. The molecule has 0 aliphatic carbocycles. The molecule has 0 aliphatic rings. The van der Waals surface area contributed by atoms with Gasteiger partial charge in [0.2, 0.25) is 0 Å². The minimum absolute atomic E-state index is 0.0854. The maximum Gasteiger partial charge on any atom is 0.335 e. The van der Waals surface area contributed by atoms with E-state index in [1.807, 2.05) is 12.3 Å². The summed E-state index contributed by atoms with van der Waals surface area (Å²) in [5.41, 5.74) is 7.92. The van der Waals surface area contributed by atoms with Gasteiger partial charge in [0, 0.05) is 5.38 Å². The fourth-order valence-electron chi connectivity index (χ4n) is 1.59. The number of rotatable bonds is 3. The molecule has 0 saturated carbocycles. The zero-order chi connectivity index (χ0) is 14.0. The summed E-state index contributed by atoms with van der Waals surface area (Å²) in [5.74, 6) is -1.31. The first-order chi connectivity index (χ1) is 8.99. The van der Waals surface area contributed by atoms with Gasteiger partial charge in [-0.1, -0.05) is 0 Å². The van der Waals surface area contributed by atoms with E-state index >= 15 is 0 Å². The van der Waals surface area contributed by atoms with Crippen molar-refractivity contribution in [1.82, 2.24) is 0 Å². The van der Waals surface area contributed by atoms with Crippen LogP contribution in [0.2, 0.25) is 0 Å². The van der Waals surface area contributed by atoms with Crippen LogP contribution in [0.25, 0.3) is 0 Å². The van der Waals surface area contributed by atoms with Gasteiger partial charge >= 0.3 is 5.97 Å². The molecule has 1 aromatic carbocycles. The fraction of sp³-hybridized carbons (Fsp3) is 0.0769. The molecule has 1 amide bonds. The second-order valence-corrected chi connectivity index (χ2v) is 4.77. The Bertz CT molecular complexity index is 649. The van der Waals surface area contributed by atoms with Crippen molar-refractivity contribution >= 4 is 34.6 Å². The van der Waals surface area contributed by atoms with E-state index in [0.29, 0.717) is 11.3 Å². The molecule has 0 fully saturated rings. The number of nitrogen functional groups attached to an aromatic ring is 1. The van der Waals surface area contributed by atoms with E-state index in [4.69, 9.17) is 10.8 Å². The van der Waals surface area contributed by atoms with Crippen LogP contribution in [0.15, 0.2) is 29.0 Å². The molecule has 0 aliphatic heterocycles. The Hall–Kier alpha value is -2.34. The second kappa shape index (κ2) is 5.11. The number of amides is 1. The molecule has 0 atom stereocenters. The molecule has 1 heterocycles. The van der Waals surface area contributed by atoms with Crippen molar-refractivity contribution in [3.63, 3.8) is 0 Å². The van der Waals surface area contributed by atoms with Gasteiger partial charge in [-0.05, 0) is 36.1 Å². The maximum atomic E-state index is 12.0. The zero-order valence-corrected chi connectivity index (χ0v) is 11.0. The Morgan fingerprint density at radius 3 is 2.58 bits per heavy atom. The van der Waals surface area contributed by atoms with E-state index in [0.717, 1.165) is 5.56 Å². The second-order valence-electron chi connectivity index (χ2n) is 4.03. The Labute approximate surface area is 113 Å². The number of thiophene rings is 1. The minimum Gasteiger partial charge on any atom is -0.478 e. The minimum atomic E-state index is -1.06. The topological polar surface area (TPSA) is 92.4 Å². The van der Waals surface area contributed by atoms with E-state index in [1.54, 1.807) is 5.38 Å². The van der Waals surface area contributed by atoms with E-state index in [9.17, 15) is 9.59 Å². The van der Waals surface area contributed by atoms with Crippen LogP contribution < -0.4 is 11.1 Å². The molecule has 0 saturated heterocycles. The predicted molar refractivity (Wildman–Crippen MR) is 74.8 cm³/mol.